The van der Waals surface area contributed by atoms with Crippen LogP contribution in [0.25, 0.3) is 10.4 Å². The lowest BCUT2D eigenvalue weighted by Crippen LogP contribution is -2.45. The van der Waals surface area contributed by atoms with Crippen LogP contribution in [0.15, 0.2) is 23.2 Å². The quantitative estimate of drug-likeness (QED) is 0.804. The molecule has 0 radical (unpaired) electrons. The van der Waals surface area contributed by atoms with Gasteiger partial charge in [0, 0.05) is 12.1 Å². The maximum Gasteiger partial charge on any atom is 0.324 e. The summed E-state index contributed by atoms with van der Waals surface area (Å²) in [6.07, 6.45) is 2.01. The summed E-state index contributed by atoms with van der Waals surface area (Å²) in [5.74, 6) is -0.693. The third kappa shape index (κ3) is 3.42. The van der Waals surface area contributed by atoms with Crippen molar-refractivity contribution >= 4 is 40.0 Å². The van der Waals surface area contributed by atoms with E-state index in [-0.39, 0.29) is 11.9 Å². The van der Waals surface area contributed by atoms with Crippen LogP contribution in [0.1, 0.15) is 47.8 Å². The number of aliphatic imine (C=N–C) groups is 1. The molecule has 1 saturated heterocycles. The molecule has 0 unspecified atom stereocenters. The van der Waals surface area contributed by atoms with Gasteiger partial charge in [0.1, 0.15) is 6.04 Å². The Hall–Kier alpha value is -3.07. The van der Waals surface area contributed by atoms with Gasteiger partial charge in [-0.1, -0.05) is 24.3 Å². The van der Waals surface area contributed by atoms with Crippen LogP contribution in [0.3, 0.4) is 0 Å². The molecule has 0 bridgehead atoms. The molecule has 8 nitrogen and oxygen atoms in total. The number of thiazole rings is 1. The zero-order valence-electron chi connectivity index (χ0n) is 16.2. The minimum atomic E-state index is -0.573. The molecular weight excluding hydrogens is 390 g/mol. The van der Waals surface area contributed by atoms with Gasteiger partial charge >= 0.3 is 6.03 Å². The van der Waals surface area contributed by atoms with Crippen molar-refractivity contribution in [3.05, 3.63) is 35.0 Å². The van der Waals surface area contributed by atoms with Crippen molar-refractivity contribution in [2.75, 3.05) is 11.9 Å². The molecule has 0 aliphatic carbocycles. The monoisotopic (exact) mass is 411 g/mol. The lowest BCUT2D eigenvalue weighted by atomic mass is 10.00. The zero-order valence-corrected chi connectivity index (χ0v) is 17.0. The summed E-state index contributed by atoms with van der Waals surface area (Å²) in [5, 5.41) is 3.24. The lowest BCUT2D eigenvalue weighted by Gasteiger charge is -2.21. The number of fused-ring (bicyclic) bond motifs is 1. The predicted molar refractivity (Wildman–Crippen MR) is 111 cm³/mol. The molecule has 1 aromatic heterocycles. The fourth-order valence-corrected chi connectivity index (χ4v) is 4.76. The normalized spacial score (nSPS) is 18.0. The van der Waals surface area contributed by atoms with E-state index >= 15 is 0 Å². The number of aryl methyl sites for hydroxylation is 1. The van der Waals surface area contributed by atoms with E-state index in [0.717, 1.165) is 33.8 Å². The van der Waals surface area contributed by atoms with Gasteiger partial charge < -0.3 is 10.6 Å². The predicted octanol–water partition coefficient (Wildman–Crippen LogP) is 2.95. The number of nitrogens with one attached hydrogen (secondary N) is 1. The van der Waals surface area contributed by atoms with Gasteiger partial charge in [-0.3, -0.25) is 14.9 Å². The molecule has 0 saturated carbocycles. The summed E-state index contributed by atoms with van der Waals surface area (Å²) >= 11 is 1.35. The summed E-state index contributed by atoms with van der Waals surface area (Å²) in [7, 11) is 0. The van der Waals surface area contributed by atoms with Crippen LogP contribution in [-0.4, -0.2) is 46.0 Å². The van der Waals surface area contributed by atoms with Gasteiger partial charge in [0.15, 0.2) is 5.13 Å². The van der Waals surface area contributed by atoms with Crippen LogP contribution in [0, 0.1) is 6.92 Å². The number of carbonyl (C=O) groups is 3. The number of aromatic nitrogens is 1. The molecule has 2 aromatic rings. The number of nitrogens with zero attached hydrogens (tertiary/aromatic N) is 3. The topological polar surface area (TPSA) is 118 Å². The molecule has 1 atom stereocenters. The van der Waals surface area contributed by atoms with Crippen LogP contribution in [0.5, 0.6) is 0 Å². The van der Waals surface area contributed by atoms with Crippen LogP contribution in [0.2, 0.25) is 0 Å². The minimum absolute atomic E-state index is 0.202. The lowest BCUT2D eigenvalue weighted by molar-refractivity contribution is -0.121. The van der Waals surface area contributed by atoms with E-state index in [2.05, 4.69) is 15.3 Å². The van der Waals surface area contributed by atoms with E-state index in [0.29, 0.717) is 30.1 Å². The van der Waals surface area contributed by atoms with Crippen molar-refractivity contribution in [3.63, 3.8) is 0 Å². The van der Waals surface area contributed by atoms with Gasteiger partial charge in [-0.2, -0.15) is 0 Å². The highest BCUT2D eigenvalue weighted by Gasteiger charge is 2.33. The van der Waals surface area contributed by atoms with Crippen LogP contribution < -0.4 is 11.1 Å². The van der Waals surface area contributed by atoms with Gasteiger partial charge in [-0.25, -0.2) is 14.8 Å². The first kappa shape index (κ1) is 19.3. The number of rotatable bonds is 4. The Bertz CT molecular complexity index is 1060. The molecule has 1 aromatic carbocycles. The number of carbonyl (C=O) groups excluding carboxylic acids is 3. The summed E-state index contributed by atoms with van der Waals surface area (Å²) in [6.45, 7) is 4.34. The first-order valence-corrected chi connectivity index (χ1v) is 10.3. The molecule has 3 heterocycles. The summed E-state index contributed by atoms with van der Waals surface area (Å²) in [6, 6.07) is 4.68. The fourth-order valence-electron chi connectivity index (χ4n) is 3.81. The average Bonchev–Trinajstić information content (AvgIpc) is 3.39. The van der Waals surface area contributed by atoms with Crippen molar-refractivity contribution in [2.24, 2.45) is 10.7 Å². The molecular formula is C20H21N5O3S. The van der Waals surface area contributed by atoms with Gasteiger partial charge in [0.25, 0.3) is 5.91 Å². The SMILES string of the molecule is CCC1=NC(=O)c2ccc(-c3sc(NC(=O)N4CCC[C@H]4C(N)=O)nc3C)cc21. The molecule has 4 amide bonds. The average molecular weight is 411 g/mol. The smallest absolute Gasteiger partial charge is 0.324 e. The molecule has 150 valence electrons. The molecule has 3 N–H and O–H groups in total. The van der Waals surface area contributed by atoms with Crippen molar-refractivity contribution in [3.8, 4) is 10.4 Å². The Labute approximate surface area is 171 Å². The van der Waals surface area contributed by atoms with Gasteiger partial charge in [-0.05, 0) is 43.9 Å². The van der Waals surface area contributed by atoms with Crippen LogP contribution in [-0.2, 0) is 4.79 Å². The second-order valence-corrected chi connectivity index (χ2v) is 8.09. The zero-order chi connectivity index (χ0) is 20.7. The number of amides is 4. The van der Waals surface area contributed by atoms with Crippen molar-refractivity contribution in [1.82, 2.24) is 9.88 Å². The third-order valence-corrected chi connectivity index (χ3v) is 6.37. The number of hydrogen-bond acceptors (Lipinski definition) is 5. The molecule has 4 rings (SSSR count). The highest BCUT2D eigenvalue weighted by atomic mass is 32.1. The highest BCUT2D eigenvalue weighted by molar-refractivity contribution is 7.19. The standard InChI is InChI=1S/C20H21N5O3S/c1-3-14-13-9-11(6-7-12(13)18(27)23-14)16-10(2)22-19(29-16)24-20(28)25-8-4-5-15(25)17(21)26/h6-7,9,15H,3-5,8H2,1-2H3,(H2,21,26)(H,22,24,28)/t15-/m0/s1. The second-order valence-electron chi connectivity index (χ2n) is 7.10. The van der Waals surface area contributed by atoms with Crippen molar-refractivity contribution in [1.29, 1.82) is 0 Å². The van der Waals surface area contributed by atoms with Crippen molar-refractivity contribution in [2.45, 2.75) is 39.2 Å². The summed E-state index contributed by atoms with van der Waals surface area (Å²) in [5.41, 5.74) is 9.35. The second kappa shape index (κ2) is 7.40. The maximum atomic E-state index is 12.6. The minimum Gasteiger partial charge on any atom is -0.368 e. The Balaban J connectivity index is 1.58. The number of anilines is 1. The Morgan fingerprint density at radius 2 is 2.14 bits per heavy atom. The first-order chi connectivity index (χ1) is 13.9. The number of urea groups is 1. The number of nitrogens with two attached hydrogens (primary N) is 1. The fraction of sp³-hybridized carbons (Fsp3) is 0.350. The number of likely N-dealkylation sites (tertiary alicyclic amines) is 1. The molecule has 29 heavy (non-hydrogen) atoms. The van der Waals surface area contributed by atoms with E-state index in [1.54, 1.807) is 6.07 Å². The van der Waals surface area contributed by atoms with E-state index in [4.69, 9.17) is 5.73 Å². The van der Waals surface area contributed by atoms with Crippen LogP contribution >= 0.6 is 11.3 Å². The maximum absolute atomic E-state index is 12.6. The van der Waals surface area contributed by atoms with E-state index in [1.165, 1.54) is 16.2 Å². The molecule has 2 aliphatic rings. The largest absolute Gasteiger partial charge is 0.368 e. The Morgan fingerprint density at radius 1 is 1.34 bits per heavy atom. The van der Waals surface area contributed by atoms with E-state index < -0.39 is 11.9 Å². The summed E-state index contributed by atoms with van der Waals surface area (Å²) in [4.78, 5) is 47.0. The number of benzene rings is 1. The van der Waals surface area contributed by atoms with Gasteiger partial charge in [0.05, 0.1) is 21.8 Å². The van der Waals surface area contributed by atoms with E-state index in [1.807, 2.05) is 26.0 Å². The third-order valence-electron chi connectivity index (χ3n) is 5.25. The molecule has 2 aliphatic heterocycles. The molecule has 0 spiro atoms. The van der Waals surface area contributed by atoms with Gasteiger partial charge in [-0.15, -0.1) is 0 Å². The van der Waals surface area contributed by atoms with Crippen LogP contribution in [0.4, 0.5) is 9.93 Å². The molecule has 9 heteroatoms. The highest BCUT2D eigenvalue weighted by Crippen LogP contribution is 2.35. The Morgan fingerprint density at radius 3 is 2.86 bits per heavy atom. The molecule has 1 fully saturated rings. The van der Waals surface area contributed by atoms with Crippen molar-refractivity contribution < 1.29 is 14.4 Å². The number of hydrogen-bond donors (Lipinski definition) is 2. The van der Waals surface area contributed by atoms with E-state index in [9.17, 15) is 14.4 Å². The van der Waals surface area contributed by atoms with Gasteiger partial charge in [0.2, 0.25) is 5.91 Å². The first-order valence-electron chi connectivity index (χ1n) is 9.50. The summed E-state index contributed by atoms with van der Waals surface area (Å²) < 4.78 is 0. The Kier molecular flexibility index (Phi) is 4.91. The number of primary amides is 1.